The third-order valence-corrected chi connectivity index (χ3v) is 2.01. The minimum absolute atomic E-state index is 0.0709. The summed E-state index contributed by atoms with van der Waals surface area (Å²) in [7, 11) is 0. The molecule has 1 heterocycles. The molecular weight excluding hydrogens is 212 g/mol. The first-order valence-corrected chi connectivity index (χ1v) is 4.97. The molecule has 1 rings (SSSR count). The van der Waals surface area contributed by atoms with Crippen LogP contribution in [0.5, 0.6) is 5.88 Å². The van der Waals surface area contributed by atoms with Gasteiger partial charge in [0.15, 0.2) is 0 Å². The molecule has 0 saturated carbocycles. The van der Waals surface area contributed by atoms with E-state index in [9.17, 15) is 10.1 Å². The SMILES string of the molecule is CCCC(C)Oc1ncnc(N)c1[N+](=O)[O-]. The maximum Gasteiger partial charge on any atom is 0.372 e. The van der Waals surface area contributed by atoms with Crippen LogP contribution in [0.4, 0.5) is 11.5 Å². The van der Waals surface area contributed by atoms with Gasteiger partial charge in [-0.2, -0.15) is 4.98 Å². The lowest BCUT2D eigenvalue weighted by atomic mass is 10.2. The molecule has 7 nitrogen and oxygen atoms in total. The molecule has 2 N–H and O–H groups in total. The summed E-state index contributed by atoms with van der Waals surface area (Å²) < 4.78 is 5.36. The first-order chi connectivity index (χ1) is 7.56. The van der Waals surface area contributed by atoms with E-state index < -0.39 is 4.92 Å². The molecule has 1 aromatic heterocycles. The molecule has 0 aliphatic carbocycles. The van der Waals surface area contributed by atoms with Crippen LogP contribution in [0.3, 0.4) is 0 Å². The van der Waals surface area contributed by atoms with Crippen LogP contribution in [0.2, 0.25) is 0 Å². The maximum atomic E-state index is 10.7. The van der Waals surface area contributed by atoms with Crippen LogP contribution in [-0.4, -0.2) is 21.0 Å². The molecule has 7 heteroatoms. The Morgan fingerprint density at radius 3 is 2.88 bits per heavy atom. The Morgan fingerprint density at radius 2 is 2.31 bits per heavy atom. The van der Waals surface area contributed by atoms with E-state index in [1.807, 2.05) is 13.8 Å². The number of hydrogen-bond acceptors (Lipinski definition) is 6. The zero-order chi connectivity index (χ0) is 12.1. The summed E-state index contributed by atoms with van der Waals surface area (Å²) in [5.74, 6) is -0.253. The fraction of sp³-hybridized carbons (Fsp3) is 0.556. The van der Waals surface area contributed by atoms with E-state index in [0.717, 1.165) is 19.2 Å². The Labute approximate surface area is 92.8 Å². The van der Waals surface area contributed by atoms with Crippen molar-refractivity contribution in [2.45, 2.75) is 32.8 Å². The van der Waals surface area contributed by atoms with Crippen LogP contribution in [0.25, 0.3) is 0 Å². The number of nitro groups is 1. The zero-order valence-corrected chi connectivity index (χ0v) is 9.21. The van der Waals surface area contributed by atoms with Crippen molar-refractivity contribution in [2.24, 2.45) is 0 Å². The van der Waals surface area contributed by atoms with Crippen molar-refractivity contribution in [1.29, 1.82) is 0 Å². The van der Waals surface area contributed by atoms with Crippen molar-refractivity contribution < 1.29 is 9.66 Å². The number of nitrogens with two attached hydrogens (primary N) is 1. The Morgan fingerprint density at radius 1 is 1.62 bits per heavy atom. The van der Waals surface area contributed by atoms with Crippen LogP contribution in [0.15, 0.2) is 6.33 Å². The summed E-state index contributed by atoms with van der Waals surface area (Å²) >= 11 is 0. The van der Waals surface area contributed by atoms with Crippen molar-refractivity contribution in [3.8, 4) is 5.88 Å². The smallest absolute Gasteiger partial charge is 0.372 e. The Balaban J connectivity index is 2.95. The quantitative estimate of drug-likeness (QED) is 0.603. The Kier molecular flexibility index (Phi) is 3.98. The van der Waals surface area contributed by atoms with Gasteiger partial charge < -0.3 is 10.5 Å². The molecular formula is C9H14N4O3. The van der Waals surface area contributed by atoms with Gasteiger partial charge in [-0.05, 0) is 13.3 Å². The molecule has 0 fully saturated rings. The number of nitrogen functional groups attached to an aromatic ring is 1. The summed E-state index contributed by atoms with van der Waals surface area (Å²) in [5.41, 5.74) is 5.03. The van der Waals surface area contributed by atoms with Crippen molar-refractivity contribution in [3.05, 3.63) is 16.4 Å². The maximum absolute atomic E-state index is 10.7. The molecule has 0 saturated heterocycles. The highest BCUT2D eigenvalue weighted by atomic mass is 16.6. The highest BCUT2D eigenvalue weighted by molar-refractivity contribution is 5.57. The molecule has 0 aliphatic rings. The average Bonchev–Trinajstić information content (AvgIpc) is 2.17. The van der Waals surface area contributed by atoms with Crippen LogP contribution >= 0.6 is 0 Å². The molecule has 0 aromatic carbocycles. The third-order valence-electron chi connectivity index (χ3n) is 2.01. The number of rotatable bonds is 5. The minimum Gasteiger partial charge on any atom is -0.470 e. The van der Waals surface area contributed by atoms with E-state index >= 15 is 0 Å². The summed E-state index contributed by atoms with van der Waals surface area (Å²) in [6, 6.07) is 0. The summed E-state index contributed by atoms with van der Waals surface area (Å²) in [4.78, 5) is 17.4. The second kappa shape index (κ2) is 5.24. The van der Waals surface area contributed by atoms with E-state index in [-0.39, 0.29) is 23.5 Å². The second-order valence-electron chi connectivity index (χ2n) is 3.39. The molecule has 1 aromatic rings. The van der Waals surface area contributed by atoms with E-state index in [1.54, 1.807) is 0 Å². The molecule has 0 amide bonds. The Hall–Kier alpha value is -1.92. The minimum atomic E-state index is -0.636. The monoisotopic (exact) mass is 226 g/mol. The number of nitrogens with zero attached hydrogens (tertiary/aromatic N) is 3. The van der Waals surface area contributed by atoms with Crippen LogP contribution in [-0.2, 0) is 0 Å². The molecule has 0 aliphatic heterocycles. The van der Waals surface area contributed by atoms with Crippen molar-refractivity contribution in [3.63, 3.8) is 0 Å². The molecule has 0 spiro atoms. The van der Waals surface area contributed by atoms with Gasteiger partial charge in [0.2, 0.25) is 5.82 Å². The number of ether oxygens (including phenoxy) is 1. The van der Waals surface area contributed by atoms with E-state index in [2.05, 4.69) is 9.97 Å². The summed E-state index contributed by atoms with van der Waals surface area (Å²) in [6.07, 6.45) is 2.73. The highest BCUT2D eigenvalue weighted by Gasteiger charge is 2.23. The summed E-state index contributed by atoms with van der Waals surface area (Å²) in [6.45, 7) is 3.83. The van der Waals surface area contributed by atoms with Gasteiger partial charge in [0.05, 0.1) is 11.0 Å². The van der Waals surface area contributed by atoms with E-state index in [1.165, 1.54) is 0 Å². The van der Waals surface area contributed by atoms with E-state index in [0.29, 0.717) is 0 Å². The van der Waals surface area contributed by atoms with Gasteiger partial charge in [-0.1, -0.05) is 13.3 Å². The van der Waals surface area contributed by atoms with Gasteiger partial charge in [-0.25, -0.2) is 4.98 Å². The largest absolute Gasteiger partial charge is 0.470 e. The van der Waals surface area contributed by atoms with Gasteiger partial charge >= 0.3 is 5.69 Å². The van der Waals surface area contributed by atoms with Gasteiger partial charge in [0, 0.05) is 0 Å². The number of hydrogen-bond donors (Lipinski definition) is 1. The lowest BCUT2D eigenvalue weighted by Gasteiger charge is -2.12. The van der Waals surface area contributed by atoms with Crippen LogP contribution < -0.4 is 10.5 Å². The zero-order valence-electron chi connectivity index (χ0n) is 9.21. The average molecular weight is 226 g/mol. The van der Waals surface area contributed by atoms with Crippen LogP contribution in [0.1, 0.15) is 26.7 Å². The molecule has 16 heavy (non-hydrogen) atoms. The number of aromatic nitrogens is 2. The highest BCUT2D eigenvalue weighted by Crippen LogP contribution is 2.29. The van der Waals surface area contributed by atoms with Gasteiger partial charge in [0.1, 0.15) is 6.33 Å². The first-order valence-electron chi connectivity index (χ1n) is 4.97. The fourth-order valence-electron chi connectivity index (χ4n) is 1.29. The lowest BCUT2D eigenvalue weighted by Crippen LogP contribution is -2.14. The molecule has 1 atom stereocenters. The first kappa shape index (κ1) is 12.2. The van der Waals surface area contributed by atoms with Gasteiger partial charge in [0.25, 0.3) is 5.88 Å². The molecule has 0 bridgehead atoms. The molecule has 88 valence electrons. The van der Waals surface area contributed by atoms with Crippen molar-refractivity contribution >= 4 is 11.5 Å². The molecule has 0 radical (unpaired) electrons. The topological polar surface area (TPSA) is 104 Å². The second-order valence-corrected chi connectivity index (χ2v) is 3.39. The Bertz CT molecular complexity index is 383. The van der Waals surface area contributed by atoms with Crippen LogP contribution in [0, 0.1) is 10.1 Å². The normalized spacial score (nSPS) is 12.1. The van der Waals surface area contributed by atoms with Gasteiger partial charge in [-0.15, -0.1) is 0 Å². The van der Waals surface area contributed by atoms with Crippen molar-refractivity contribution in [1.82, 2.24) is 9.97 Å². The predicted octanol–water partition coefficient (Wildman–Crippen LogP) is 1.53. The molecule has 1 unspecified atom stereocenters. The number of anilines is 1. The lowest BCUT2D eigenvalue weighted by molar-refractivity contribution is -0.385. The predicted molar refractivity (Wildman–Crippen MR) is 58.1 cm³/mol. The third kappa shape index (κ3) is 2.78. The fourth-order valence-corrected chi connectivity index (χ4v) is 1.29. The summed E-state index contributed by atoms with van der Waals surface area (Å²) in [5, 5.41) is 10.7. The van der Waals surface area contributed by atoms with E-state index in [4.69, 9.17) is 10.5 Å². The van der Waals surface area contributed by atoms with Gasteiger partial charge in [-0.3, -0.25) is 10.1 Å². The van der Waals surface area contributed by atoms with Crippen molar-refractivity contribution in [2.75, 3.05) is 5.73 Å². The standard InChI is InChI=1S/C9H14N4O3/c1-3-4-6(2)16-9-7(13(14)15)8(10)11-5-12-9/h5-6H,3-4H2,1-2H3,(H2,10,11,12).